The number of nitrogens with zero attached hydrogens (tertiary/aromatic N) is 3. The minimum absolute atomic E-state index is 0.192. The van der Waals surface area contributed by atoms with E-state index in [1.54, 1.807) is 23.2 Å². The number of piperazine rings is 1. The molecule has 0 radical (unpaired) electrons. The first-order chi connectivity index (χ1) is 12.1. The summed E-state index contributed by atoms with van der Waals surface area (Å²) in [4.78, 5) is 31.8. The van der Waals surface area contributed by atoms with E-state index in [1.165, 1.54) is 6.20 Å². The Morgan fingerprint density at radius 2 is 1.92 bits per heavy atom. The lowest BCUT2D eigenvalue weighted by molar-refractivity contribution is -0.134. The van der Waals surface area contributed by atoms with Crippen molar-refractivity contribution >= 4 is 29.2 Å². The molecule has 25 heavy (non-hydrogen) atoms. The van der Waals surface area contributed by atoms with E-state index in [0.717, 1.165) is 5.69 Å². The molecule has 0 spiro atoms. The maximum atomic E-state index is 12.2. The van der Waals surface area contributed by atoms with Crippen LogP contribution in [-0.4, -0.2) is 54.5 Å². The smallest absolute Gasteiger partial charge is 0.340 e. The monoisotopic (exact) mass is 359 g/mol. The maximum absolute atomic E-state index is 12.2. The molecule has 1 fully saturated rings. The number of anilines is 1. The third-order valence-electron chi connectivity index (χ3n) is 4.03. The number of halogens is 1. The Kier molecular flexibility index (Phi) is 5.50. The van der Waals surface area contributed by atoms with Crippen LogP contribution >= 0.6 is 11.6 Å². The van der Waals surface area contributed by atoms with Gasteiger partial charge in [0.2, 0.25) is 0 Å². The van der Waals surface area contributed by atoms with Crippen molar-refractivity contribution in [2.75, 3.05) is 37.7 Å². The van der Waals surface area contributed by atoms with Crippen molar-refractivity contribution in [2.24, 2.45) is 0 Å². The number of benzene rings is 1. The standard InChI is InChI=1S/C18H18ClN3O3/c19-15-4-1-5-16(11-15)21-7-9-22(10-8-21)17(23)13-25-18(24)14-3-2-6-20-12-14/h1-6,11-12H,7-10,13H2. The summed E-state index contributed by atoms with van der Waals surface area (Å²) >= 11 is 6.02. The van der Waals surface area contributed by atoms with Crippen LogP contribution in [0.15, 0.2) is 48.8 Å². The molecule has 6 nitrogen and oxygen atoms in total. The van der Waals surface area contributed by atoms with E-state index < -0.39 is 5.97 Å². The lowest BCUT2D eigenvalue weighted by atomic mass is 10.2. The van der Waals surface area contributed by atoms with Gasteiger partial charge in [-0.05, 0) is 30.3 Å². The predicted molar refractivity (Wildman–Crippen MR) is 94.8 cm³/mol. The molecular weight excluding hydrogens is 342 g/mol. The molecule has 1 aromatic heterocycles. The molecule has 130 valence electrons. The quantitative estimate of drug-likeness (QED) is 0.783. The van der Waals surface area contributed by atoms with Crippen molar-refractivity contribution in [3.8, 4) is 0 Å². The fourth-order valence-electron chi connectivity index (χ4n) is 2.67. The zero-order valence-electron chi connectivity index (χ0n) is 13.6. The Hall–Kier alpha value is -2.60. The number of hydrogen-bond acceptors (Lipinski definition) is 5. The molecule has 2 heterocycles. The van der Waals surface area contributed by atoms with Crippen molar-refractivity contribution in [3.05, 3.63) is 59.4 Å². The number of ether oxygens (including phenoxy) is 1. The second-order valence-corrected chi connectivity index (χ2v) is 6.10. The summed E-state index contributed by atoms with van der Waals surface area (Å²) < 4.78 is 5.07. The largest absolute Gasteiger partial charge is 0.452 e. The van der Waals surface area contributed by atoms with Crippen LogP contribution in [0.2, 0.25) is 5.02 Å². The summed E-state index contributed by atoms with van der Waals surface area (Å²) in [6.07, 6.45) is 2.98. The SMILES string of the molecule is O=C(OCC(=O)N1CCN(c2cccc(Cl)c2)CC1)c1cccnc1. The van der Waals surface area contributed by atoms with Crippen molar-refractivity contribution in [3.63, 3.8) is 0 Å². The zero-order chi connectivity index (χ0) is 17.6. The van der Waals surface area contributed by atoms with Crippen molar-refractivity contribution < 1.29 is 14.3 Å². The molecule has 1 aromatic carbocycles. The Labute approximate surface area is 151 Å². The van der Waals surface area contributed by atoms with Gasteiger partial charge in [0.1, 0.15) is 0 Å². The molecule has 2 aromatic rings. The van der Waals surface area contributed by atoms with Crippen molar-refractivity contribution in [1.82, 2.24) is 9.88 Å². The highest BCUT2D eigenvalue weighted by molar-refractivity contribution is 6.30. The molecule has 7 heteroatoms. The van der Waals surface area contributed by atoms with Crippen molar-refractivity contribution in [2.45, 2.75) is 0 Å². The molecule has 0 bridgehead atoms. The number of aromatic nitrogens is 1. The topological polar surface area (TPSA) is 62.7 Å². The third-order valence-corrected chi connectivity index (χ3v) is 4.26. The van der Waals surface area contributed by atoms with Gasteiger partial charge < -0.3 is 14.5 Å². The van der Waals surface area contributed by atoms with E-state index in [0.29, 0.717) is 36.8 Å². The summed E-state index contributed by atoms with van der Waals surface area (Å²) in [7, 11) is 0. The van der Waals surface area contributed by atoms with Crippen LogP contribution in [0.1, 0.15) is 10.4 Å². The van der Waals surface area contributed by atoms with Gasteiger partial charge in [0, 0.05) is 49.3 Å². The first kappa shape index (κ1) is 17.2. The van der Waals surface area contributed by atoms with Crippen molar-refractivity contribution in [1.29, 1.82) is 0 Å². The number of pyridine rings is 1. The molecule has 0 N–H and O–H groups in total. The van der Waals surface area contributed by atoms with E-state index in [-0.39, 0.29) is 12.5 Å². The van der Waals surface area contributed by atoms with E-state index in [4.69, 9.17) is 16.3 Å². The normalized spacial score (nSPS) is 14.3. The average molecular weight is 360 g/mol. The van der Waals surface area contributed by atoms with Gasteiger partial charge in [-0.25, -0.2) is 4.79 Å². The summed E-state index contributed by atoms with van der Waals surface area (Å²) in [5, 5.41) is 0.693. The average Bonchev–Trinajstić information content (AvgIpc) is 2.66. The molecule has 1 aliphatic rings. The molecule has 1 aliphatic heterocycles. The van der Waals surface area contributed by atoms with Gasteiger partial charge in [-0.15, -0.1) is 0 Å². The first-order valence-electron chi connectivity index (χ1n) is 7.99. The van der Waals surface area contributed by atoms with E-state index in [1.807, 2.05) is 24.3 Å². The lowest BCUT2D eigenvalue weighted by Crippen LogP contribution is -2.49. The minimum atomic E-state index is -0.543. The van der Waals surface area contributed by atoms with Crippen LogP contribution in [0, 0.1) is 0 Å². The molecule has 1 amide bonds. The zero-order valence-corrected chi connectivity index (χ0v) is 14.4. The molecular formula is C18H18ClN3O3. The van der Waals surface area contributed by atoms with Crippen LogP contribution in [0.25, 0.3) is 0 Å². The van der Waals surface area contributed by atoms with Gasteiger partial charge in [0.05, 0.1) is 5.56 Å². The summed E-state index contributed by atoms with van der Waals surface area (Å²) in [5.41, 5.74) is 1.38. The van der Waals surface area contributed by atoms with Crippen LogP contribution in [-0.2, 0) is 9.53 Å². The predicted octanol–water partition coefficient (Wildman–Crippen LogP) is 2.24. The number of carbonyl (C=O) groups excluding carboxylic acids is 2. The third kappa shape index (κ3) is 4.48. The minimum Gasteiger partial charge on any atom is -0.452 e. The molecule has 0 atom stereocenters. The highest BCUT2D eigenvalue weighted by Gasteiger charge is 2.22. The first-order valence-corrected chi connectivity index (χ1v) is 8.37. The van der Waals surface area contributed by atoms with Gasteiger partial charge >= 0.3 is 5.97 Å². The van der Waals surface area contributed by atoms with Gasteiger partial charge in [0.15, 0.2) is 6.61 Å². The second kappa shape index (κ2) is 7.98. The van der Waals surface area contributed by atoms with Crippen LogP contribution in [0.5, 0.6) is 0 Å². The summed E-state index contributed by atoms with van der Waals surface area (Å²) in [6, 6.07) is 10.9. The van der Waals surface area contributed by atoms with Gasteiger partial charge in [-0.3, -0.25) is 9.78 Å². The summed E-state index contributed by atoms with van der Waals surface area (Å²) in [6.45, 7) is 2.32. The van der Waals surface area contributed by atoms with Gasteiger partial charge in [-0.2, -0.15) is 0 Å². The lowest BCUT2D eigenvalue weighted by Gasteiger charge is -2.36. The number of carbonyl (C=O) groups is 2. The second-order valence-electron chi connectivity index (χ2n) is 5.67. The number of hydrogen-bond donors (Lipinski definition) is 0. The molecule has 0 unspecified atom stereocenters. The number of esters is 1. The Balaban J connectivity index is 1.48. The molecule has 1 saturated heterocycles. The van der Waals surface area contributed by atoms with Gasteiger partial charge in [-0.1, -0.05) is 17.7 Å². The number of rotatable bonds is 4. The molecule has 0 aliphatic carbocycles. The van der Waals surface area contributed by atoms with Crippen LogP contribution < -0.4 is 4.90 Å². The van der Waals surface area contributed by atoms with Crippen LogP contribution in [0.3, 0.4) is 0 Å². The fraction of sp³-hybridized carbons (Fsp3) is 0.278. The Bertz CT molecular complexity index is 746. The highest BCUT2D eigenvalue weighted by Crippen LogP contribution is 2.20. The Morgan fingerprint density at radius 1 is 1.12 bits per heavy atom. The van der Waals surface area contributed by atoms with E-state index >= 15 is 0 Å². The Morgan fingerprint density at radius 3 is 2.60 bits per heavy atom. The van der Waals surface area contributed by atoms with E-state index in [9.17, 15) is 9.59 Å². The maximum Gasteiger partial charge on any atom is 0.340 e. The number of amides is 1. The fourth-order valence-corrected chi connectivity index (χ4v) is 2.86. The molecule has 0 saturated carbocycles. The van der Waals surface area contributed by atoms with Gasteiger partial charge in [0.25, 0.3) is 5.91 Å². The highest BCUT2D eigenvalue weighted by atomic mass is 35.5. The van der Waals surface area contributed by atoms with E-state index in [2.05, 4.69) is 9.88 Å². The van der Waals surface area contributed by atoms with Crippen LogP contribution in [0.4, 0.5) is 5.69 Å². The molecule has 3 rings (SSSR count). The summed E-state index contributed by atoms with van der Waals surface area (Å²) in [5.74, 6) is -0.734.